The molecule has 1 aromatic carbocycles. The van der Waals surface area contributed by atoms with Gasteiger partial charge in [-0.3, -0.25) is 4.79 Å². The number of hydrogen-bond donors (Lipinski definition) is 1. The standard InChI is InChI=1S/C16H19NO3/c1-5-11-7-12(16(19)20)8-13-14(10(4)18)9(3)17(6-2)15(11)13/h7-8H,5-6H2,1-4H3,(H,19,20). The predicted molar refractivity (Wildman–Crippen MR) is 78.7 cm³/mol. The molecule has 0 atom stereocenters. The van der Waals surface area contributed by atoms with Crippen LogP contribution in [0.25, 0.3) is 10.9 Å². The lowest BCUT2D eigenvalue weighted by Gasteiger charge is -2.09. The van der Waals surface area contributed by atoms with E-state index in [0.29, 0.717) is 5.56 Å². The average Bonchev–Trinajstić information content (AvgIpc) is 2.68. The lowest BCUT2D eigenvalue weighted by molar-refractivity contribution is 0.0696. The van der Waals surface area contributed by atoms with Crippen molar-refractivity contribution in [3.05, 3.63) is 34.5 Å². The summed E-state index contributed by atoms with van der Waals surface area (Å²) in [5, 5.41) is 9.99. The summed E-state index contributed by atoms with van der Waals surface area (Å²) >= 11 is 0. The van der Waals surface area contributed by atoms with Gasteiger partial charge in [0.15, 0.2) is 5.78 Å². The van der Waals surface area contributed by atoms with E-state index < -0.39 is 5.97 Å². The van der Waals surface area contributed by atoms with Gasteiger partial charge in [-0.05, 0) is 44.9 Å². The van der Waals surface area contributed by atoms with Crippen molar-refractivity contribution in [2.45, 2.75) is 40.7 Å². The van der Waals surface area contributed by atoms with Crippen LogP contribution in [0.2, 0.25) is 0 Å². The number of carbonyl (C=O) groups excluding carboxylic acids is 1. The van der Waals surface area contributed by atoms with Gasteiger partial charge in [-0.2, -0.15) is 0 Å². The number of aromatic nitrogens is 1. The Balaban J connectivity index is 3.00. The van der Waals surface area contributed by atoms with Crippen molar-refractivity contribution in [1.82, 2.24) is 4.57 Å². The monoisotopic (exact) mass is 273 g/mol. The minimum atomic E-state index is -0.960. The molecule has 0 aliphatic carbocycles. The highest BCUT2D eigenvalue weighted by molar-refractivity contribution is 6.10. The van der Waals surface area contributed by atoms with Crippen LogP contribution in [0.5, 0.6) is 0 Å². The summed E-state index contributed by atoms with van der Waals surface area (Å²) < 4.78 is 2.09. The average molecular weight is 273 g/mol. The van der Waals surface area contributed by atoms with Crippen molar-refractivity contribution in [2.75, 3.05) is 0 Å². The van der Waals surface area contributed by atoms with Crippen molar-refractivity contribution in [3.63, 3.8) is 0 Å². The van der Waals surface area contributed by atoms with Gasteiger partial charge < -0.3 is 9.67 Å². The Morgan fingerprint density at radius 2 is 1.90 bits per heavy atom. The van der Waals surface area contributed by atoms with E-state index in [4.69, 9.17) is 0 Å². The van der Waals surface area contributed by atoms with Crippen LogP contribution in [0.15, 0.2) is 12.1 Å². The number of nitrogens with zero attached hydrogens (tertiary/aromatic N) is 1. The van der Waals surface area contributed by atoms with Crippen LogP contribution < -0.4 is 0 Å². The highest BCUT2D eigenvalue weighted by Crippen LogP contribution is 2.31. The van der Waals surface area contributed by atoms with E-state index in [0.717, 1.165) is 35.1 Å². The summed E-state index contributed by atoms with van der Waals surface area (Å²) in [6.45, 7) is 8.23. The molecule has 0 amide bonds. The van der Waals surface area contributed by atoms with Crippen LogP contribution in [0, 0.1) is 6.92 Å². The van der Waals surface area contributed by atoms with Gasteiger partial charge in [-0.25, -0.2) is 4.79 Å². The Labute approximate surface area is 118 Å². The first-order valence-electron chi connectivity index (χ1n) is 6.82. The zero-order valence-electron chi connectivity index (χ0n) is 12.3. The van der Waals surface area contributed by atoms with Gasteiger partial charge in [0, 0.05) is 23.2 Å². The fourth-order valence-corrected chi connectivity index (χ4v) is 2.93. The van der Waals surface area contributed by atoms with E-state index in [1.807, 2.05) is 20.8 Å². The van der Waals surface area contributed by atoms with Gasteiger partial charge in [0.05, 0.1) is 11.1 Å². The molecule has 0 aliphatic rings. The zero-order valence-corrected chi connectivity index (χ0v) is 12.3. The third-order valence-electron chi connectivity index (χ3n) is 3.79. The van der Waals surface area contributed by atoms with E-state index in [2.05, 4.69) is 4.57 Å². The molecule has 0 bridgehead atoms. The van der Waals surface area contributed by atoms with Crippen LogP contribution in [-0.4, -0.2) is 21.4 Å². The van der Waals surface area contributed by atoms with Crippen LogP contribution in [0.1, 0.15) is 52.7 Å². The van der Waals surface area contributed by atoms with Gasteiger partial charge in [0.2, 0.25) is 0 Å². The number of hydrogen-bond acceptors (Lipinski definition) is 2. The van der Waals surface area contributed by atoms with Crippen molar-refractivity contribution in [2.24, 2.45) is 0 Å². The summed E-state index contributed by atoms with van der Waals surface area (Å²) in [5.74, 6) is -0.984. The Bertz CT molecular complexity index is 710. The Morgan fingerprint density at radius 1 is 1.25 bits per heavy atom. The molecule has 20 heavy (non-hydrogen) atoms. The molecular weight excluding hydrogens is 254 g/mol. The van der Waals surface area contributed by atoms with Crippen LogP contribution in [0.3, 0.4) is 0 Å². The topological polar surface area (TPSA) is 59.3 Å². The molecule has 4 nitrogen and oxygen atoms in total. The number of carboxylic acids is 1. The molecule has 0 fully saturated rings. The summed E-state index contributed by atoms with van der Waals surface area (Å²) in [7, 11) is 0. The van der Waals surface area contributed by atoms with Crippen molar-refractivity contribution in [3.8, 4) is 0 Å². The number of rotatable bonds is 4. The van der Waals surface area contributed by atoms with Crippen LogP contribution in [-0.2, 0) is 13.0 Å². The fraction of sp³-hybridized carbons (Fsp3) is 0.375. The Kier molecular flexibility index (Phi) is 3.66. The van der Waals surface area contributed by atoms with Gasteiger partial charge in [-0.15, -0.1) is 0 Å². The van der Waals surface area contributed by atoms with E-state index in [9.17, 15) is 14.7 Å². The minimum absolute atomic E-state index is 0.0238. The van der Waals surface area contributed by atoms with E-state index in [-0.39, 0.29) is 11.3 Å². The Hall–Kier alpha value is -2.10. The molecule has 0 unspecified atom stereocenters. The lowest BCUT2D eigenvalue weighted by Crippen LogP contribution is -2.02. The number of aryl methyl sites for hydroxylation is 2. The Morgan fingerprint density at radius 3 is 2.35 bits per heavy atom. The molecule has 1 N–H and O–H groups in total. The first-order chi connectivity index (χ1) is 9.42. The lowest BCUT2D eigenvalue weighted by atomic mass is 10.0. The molecule has 0 saturated carbocycles. The molecule has 106 valence electrons. The maximum atomic E-state index is 11.9. The molecule has 2 rings (SSSR count). The number of carbonyl (C=O) groups is 2. The molecule has 2 aromatic rings. The second kappa shape index (κ2) is 5.12. The normalized spacial score (nSPS) is 11.0. The second-order valence-corrected chi connectivity index (χ2v) is 4.95. The predicted octanol–water partition coefficient (Wildman–Crippen LogP) is 3.43. The highest BCUT2D eigenvalue weighted by Gasteiger charge is 2.20. The summed E-state index contributed by atoms with van der Waals surface area (Å²) in [5.41, 5.74) is 3.75. The van der Waals surface area contributed by atoms with Gasteiger partial charge in [0.1, 0.15) is 0 Å². The SMILES string of the molecule is CCc1cc(C(=O)O)cc2c(C(C)=O)c(C)n(CC)c12. The van der Waals surface area contributed by atoms with Crippen LogP contribution in [0.4, 0.5) is 0 Å². The first-order valence-corrected chi connectivity index (χ1v) is 6.82. The van der Waals surface area contributed by atoms with E-state index in [1.54, 1.807) is 12.1 Å². The molecule has 0 aliphatic heterocycles. The third-order valence-corrected chi connectivity index (χ3v) is 3.79. The maximum Gasteiger partial charge on any atom is 0.335 e. The molecule has 0 spiro atoms. The number of benzene rings is 1. The fourth-order valence-electron chi connectivity index (χ4n) is 2.93. The van der Waals surface area contributed by atoms with Gasteiger partial charge in [0.25, 0.3) is 0 Å². The molecule has 4 heteroatoms. The maximum absolute atomic E-state index is 11.9. The molecule has 0 radical (unpaired) electrons. The minimum Gasteiger partial charge on any atom is -0.478 e. The third kappa shape index (κ3) is 2.01. The zero-order chi connectivity index (χ0) is 15.0. The number of carboxylic acid groups (broad SMARTS) is 1. The van der Waals surface area contributed by atoms with Crippen molar-refractivity contribution in [1.29, 1.82) is 0 Å². The molecule has 0 saturated heterocycles. The van der Waals surface area contributed by atoms with Crippen molar-refractivity contribution < 1.29 is 14.7 Å². The number of aromatic carboxylic acids is 1. The van der Waals surface area contributed by atoms with Gasteiger partial charge >= 0.3 is 5.97 Å². The van der Waals surface area contributed by atoms with E-state index in [1.165, 1.54) is 6.92 Å². The number of fused-ring (bicyclic) bond motifs is 1. The largest absolute Gasteiger partial charge is 0.478 e. The smallest absolute Gasteiger partial charge is 0.335 e. The molecule has 1 aromatic heterocycles. The second-order valence-electron chi connectivity index (χ2n) is 4.95. The van der Waals surface area contributed by atoms with Gasteiger partial charge in [-0.1, -0.05) is 6.92 Å². The molecule has 1 heterocycles. The van der Waals surface area contributed by atoms with E-state index >= 15 is 0 Å². The number of Topliss-reactive ketones (excluding diaryl/α,β-unsaturated/α-hetero) is 1. The first kappa shape index (κ1) is 14.3. The summed E-state index contributed by atoms with van der Waals surface area (Å²) in [6.07, 6.45) is 0.735. The summed E-state index contributed by atoms with van der Waals surface area (Å²) in [4.78, 5) is 23.2. The summed E-state index contributed by atoms with van der Waals surface area (Å²) in [6, 6.07) is 3.33. The van der Waals surface area contributed by atoms with Crippen LogP contribution >= 0.6 is 0 Å². The number of ketones is 1. The quantitative estimate of drug-likeness (QED) is 0.868. The van der Waals surface area contributed by atoms with Crippen molar-refractivity contribution >= 4 is 22.7 Å². The highest BCUT2D eigenvalue weighted by atomic mass is 16.4. The molecular formula is C16H19NO3.